The van der Waals surface area contributed by atoms with Crippen molar-refractivity contribution in [2.24, 2.45) is 0 Å². The molecule has 3 aromatic rings. The second kappa shape index (κ2) is 7.23. The van der Waals surface area contributed by atoms with E-state index in [4.69, 9.17) is 4.98 Å². The summed E-state index contributed by atoms with van der Waals surface area (Å²) < 4.78 is 1.81. The van der Waals surface area contributed by atoms with E-state index in [1.54, 1.807) is 18.5 Å². The molecule has 0 radical (unpaired) electrons. The predicted molar refractivity (Wildman–Crippen MR) is 113 cm³/mol. The summed E-state index contributed by atoms with van der Waals surface area (Å²) >= 11 is 0. The second-order valence-corrected chi connectivity index (χ2v) is 8.15. The zero-order chi connectivity index (χ0) is 19.7. The predicted octanol–water partition coefficient (Wildman–Crippen LogP) is 4.10. The van der Waals surface area contributed by atoms with Crippen LogP contribution in [0.1, 0.15) is 38.7 Å². The molecule has 0 spiro atoms. The summed E-state index contributed by atoms with van der Waals surface area (Å²) in [5.74, 6) is 1.09. The van der Waals surface area contributed by atoms with Crippen molar-refractivity contribution in [2.45, 2.75) is 45.2 Å². The van der Waals surface area contributed by atoms with Crippen LogP contribution in [0.5, 0.6) is 0 Å². The number of nitrogens with zero attached hydrogens (tertiary/aromatic N) is 4. The molecule has 5 nitrogen and oxygen atoms in total. The zero-order valence-corrected chi connectivity index (χ0v) is 16.7. The smallest absolute Gasteiger partial charge is 0.255 e. The van der Waals surface area contributed by atoms with Crippen LogP contribution in [0.15, 0.2) is 65.7 Å². The molecule has 1 atom stereocenters. The molecular weight excluding hydrogens is 348 g/mol. The van der Waals surface area contributed by atoms with Crippen LogP contribution in [0.4, 0.5) is 5.95 Å². The third kappa shape index (κ3) is 3.44. The fourth-order valence-electron chi connectivity index (χ4n) is 3.86. The Hall–Kier alpha value is -2.95. The molecule has 5 heteroatoms. The zero-order valence-electron chi connectivity index (χ0n) is 16.7. The quantitative estimate of drug-likeness (QED) is 0.690. The fraction of sp³-hybridized carbons (Fsp3) is 0.348. The molecule has 0 fully saturated rings. The molecule has 0 saturated carbocycles. The van der Waals surface area contributed by atoms with Gasteiger partial charge in [0.25, 0.3) is 5.56 Å². The molecule has 144 valence electrons. The average Bonchev–Trinajstić information content (AvgIpc) is 2.71. The number of rotatable bonds is 4. The third-order valence-electron chi connectivity index (χ3n) is 5.71. The molecule has 4 rings (SSSR count). The lowest BCUT2D eigenvalue weighted by molar-refractivity contribution is 0.341. The topological polar surface area (TPSA) is 51.0 Å². The van der Waals surface area contributed by atoms with E-state index in [9.17, 15) is 4.79 Å². The van der Waals surface area contributed by atoms with Crippen molar-refractivity contribution in [1.82, 2.24) is 14.5 Å². The van der Waals surface area contributed by atoms with Crippen LogP contribution in [-0.4, -0.2) is 26.6 Å². The lowest BCUT2D eigenvalue weighted by Crippen LogP contribution is -2.53. The van der Waals surface area contributed by atoms with E-state index < -0.39 is 0 Å². The Kier molecular flexibility index (Phi) is 4.75. The molecule has 0 N–H and O–H groups in total. The number of pyridine rings is 1. The van der Waals surface area contributed by atoms with Gasteiger partial charge in [0, 0.05) is 42.7 Å². The highest BCUT2D eigenvalue weighted by atomic mass is 16.1. The Balaban J connectivity index is 1.77. The molecule has 28 heavy (non-hydrogen) atoms. The maximum Gasteiger partial charge on any atom is 0.255 e. The molecular formula is C23H26N4O. The molecule has 0 bridgehead atoms. The van der Waals surface area contributed by atoms with E-state index in [1.807, 2.05) is 22.8 Å². The number of fused-ring (bicyclic) bond motifs is 1. The molecule has 2 aromatic heterocycles. The van der Waals surface area contributed by atoms with Crippen molar-refractivity contribution in [2.75, 3.05) is 11.4 Å². The Bertz CT molecular complexity index is 1010. The minimum atomic E-state index is -0.0701. The van der Waals surface area contributed by atoms with Crippen molar-refractivity contribution in [3.8, 4) is 11.3 Å². The van der Waals surface area contributed by atoms with E-state index >= 15 is 0 Å². The SMILES string of the molecule is C[C@@H](CN1c2nc(-c3ccncc3)cc(=O)n2CCC1(C)C)c1ccccc1. The van der Waals surface area contributed by atoms with Gasteiger partial charge in [-0.3, -0.25) is 14.3 Å². The van der Waals surface area contributed by atoms with Gasteiger partial charge < -0.3 is 4.90 Å². The van der Waals surface area contributed by atoms with Crippen molar-refractivity contribution in [3.05, 3.63) is 76.8 Å². The van der Waals surface area contributed by atoms with Gasteiger partial charge in [-0.25, -0.2) is 4.98 Å². The highest BCUT2D eigenvalue weighted by Gasteiger charge is 2.35. The summed E-state index contributed by atoms with van der Waals surface area (Å²) in [5.41, 5.74) is 2.84. The van der Waals surface area contributed by atoms with Gasteiger partial charge in [-0.1, -0.05) is 37.3 Å². The van der Waals surface area contributed by atoms with Crippen molar-refractivity contribution < 1.29 is 0 Å². The van der Waals surface area contributed by atoms with Crippen LogP contribution in [0.25, 0.3) is 11.3 Å². The Morgan fingerprint density at radius 1 is 1.11 bits per heavy atom. The van der Waals surface area contributed by atoms with Crippen LogP contribution >= 0.6 is 0 Å². The number of anilines is 1. The van der Waals surface area contributed by atoms with Crippen LogP contribution in [0, 0.1) is 0 Å². The maximum atomic E-state index is 12.9. The van der Waals surface area contributed by atoms with Crippen LogP contribution < -0.4 is 10.5 Å². The molecule has 1 aliphatic heterocycles. The first kappa shape index (κ1) is 18.4. The van der Waals surface area contributed by atoms with Gasteiger partial charge >= 0.3 is 0 Å². The van der Waals surface area contributed by atoms with Crippen molar-refractivity contribution in [1.29, 1.82) is 0 Å². The minimum Gasteiger partial charge on any atom is -0.336 e. The summed E-state index contributed by atoms with van der Waals surface area (Å²) in [4.78, 5) is 24.2. The van der Waals surface area contributed by atoms with Crippen LogP contribution in [0.3, 0.4) is 0 Å². The minimum absolute atomic E-state index is 0.00433. The average molecular weight is 374 g/mol. The highest BCUT2D eigenvalue weighted by Crippen LogP contribution is 2.33. The standard InChI is InChI=1S/C23H26N4O/c1-17(18-7-5-4-6-8-18)16-27-22-25-20(19-9-12-24-13-10-19)15-21(28)26(22)14-11-23(27,2)3/h4-10,12-13,15,17H,11,14,16H2,1-3H3/t17-/m0/s1. The van der Waals surface area contributed by atoms with Gasteiger partial charge in [0.05, 0.1) is 5.69 Å². The van der Waals surface area contributed by atoms with Crippen molar-refractivity contribution in [3.63, 3.8) is 0 Å². The van der Waals surface area contributed by atoms with Crippen molar-refractivity contribution >= 4 is 5.95 Å². The molecule has 1 aliphatic rings. The van der Waals surface area contributed by atoms with Gasteiger partial charge in [0.1, 0.15) is 0 Å². The molecule has 1 aromatic carbocycles. The lowest BCUT2D eigenvalue weighted by Gasteiger charge is -2.45. The number of hydrogen-bond acceptors (Lipinski definition) is 4. The Morgan fingerprint density at radius 2 is 1.82 bits per heavy atom. The third-order valence-corrected chi connectivity index (χ3v) is 5.71. The number of hydrogen-bond donors (Lipinski definition) is 0. The number of aromatic nitrogens is 3. The van der Waals surface area contributed by atoms with E-state index in [0.717, 1.165) is 24.5 Å². The van der Waals surface area contributed by atoms with Crippen LogP contribution in [0.2, 0.25) is 0 Å². The Labute approximate surface area is 165 Å². The second-order valence-electron chi connectivity index (χ2n) is 8.15. The summed E-state index contributed by atoms with van der Waals surface area (Å²) in [6.45, 7) is 8.21. The largest absolute Gasteiger partial charge is 0.336 e. The van der Waals surface area contributed by atoms with Gasteiger partial charge in [0.2, 0.25) is 5.95 Å². The summed E-state index contributed by atoms with van der Waals surface area (Å²) in [6, 6.07) is 15.9. The Morgan fingerprint density at radius 3 is 2.54 bits per heavy atom. The summed E-state index contributed by atoms with van der Waals surface area (Å²) in [7, 11) is 0. The first-order chi connectivity index (χ1) is 13.5. The lowest BCUT2D eigenvalue weighted by atomic mass is 9.92. The normalized spacial score (nSPS) is 16.5. The van der Waals surface area contributed by atoms with E-state index in [1.165, 1.54) is 5.56 Å². The number of benzene rings is 1. The fourth-order valence-corrected chi connectivity index (χ4v) is 3.86. The molecule has 3 heterocycles. The first-order valence-electron chi connectivity index (χ1n) is 9.80. The molecule has 0 saturated heterocycles. The maximum absolute atomic E-state index is 12.9. The first-order valence-corrected chi connectivity index (χ1v) is 9.80. The van der Waals surface area contributed by atoms with E-state index in [-0.39, 0.29) is 11.1 Å². The highest BCUT2D eigenvalue weighted by molar-refractivity contribution is 5.60. The molecule has 0 unspecified atom stereocenters. The molecule has 0 aliphatic carbocycles. The van der Waals surface area contributed by atoms with Gasteiger partial charge in [-0.05, 0) is 43.9 Å². The van der Waals surface area contributed by atoms with Gasteiger partial charge in [0.15, 0.2) is 0 Å². The van der Waals surface area contributed by atoms with Gasteiger partial charge in [-0.15, -0.1) is 0 Å². The van der Waals surface area contributed by atoms with E-state index in [2.05, 4.69) is 54.9 Å². The molecule has 0 amide bonds. The van der Waals surface area contributed by atoms with Gasteiger partial charge in [-0.2, -0.15) is 0 Å². The monoisotopic (exact) mass is 374 g/mol. The van der Waals surface area contributed by atoms with E-state index in [0.29, 0.717) is 18.2 Å². The summed E-state index contributed by atoms with van der Waals surface area (Å²) in [6.07, 6.45) is 4.37. The summed E-state index contributed by atoms with van der Waals surface area (Å²) in [5, 5.41) is 0. The van der Waals surface area contributed by atoms with Crippen LogP contribution in [-0.2, 0) is 6.54 Å².